The second-order valence-corrected chi connectivity index (χ2v) is 11.8. The van der Waals surface area contributed by atoms with Crippen LogP contribution < -0.4 is 14.4 Å². The second-order valence-electron chi connectivity index (χ2n) is 8.59. The van der Waals surface area contributed by atoms with E-state index in [0.717, 1.165) is 10.6 Å². The molecule has 2 amide bonds. The zero-order chi connectivity index (χ0) is 27.9. The normalized spacial score (nSPS) is 13.0. The summed E-state index contributed by atoms with van der Waals surface area (Å²) in [6.07, 6.45) is 1.97. The van der Waals surface area contributed by atoms with Crippen molar-refractivity contribution in [2.45, 2.75) is 52.2 Å². The fourth-order valence-corrected chi connectivity index (χ4v) is 5.13. The lowest BCUT2D eigenvalue weighted by molar-refractivity contribution is -0.140. The van der Waals surface area contributed by atoms with Gasteiger partial charge >= 0.3 is 0 Å². The van der Waals surface area contributed by atoms with Crippen LogP contribution >= 0.6 is 34.8 Å². The van der Waals surface area contributed by atoms with Gasteiger partial charge in [-0.2, -0.15) is 0 Å². The molecule has 0 aliphatic rings. The number of nitrogens with one attached hydrogen (secondary N) is 1. The van der Waals surface area contributed by atoms with Crippen molar-refractivity contribution < 1.29 is 22.7 Å². The van der Waals surface area contributed by atoms with Gasteiger partial charge in [-0.1, -0.05) is 54.7 Å². The van der Waals surface area contributed by atoms with Gasteiger partial charge in [0.1, 0.15) is 18.3 Å². The quantitative estimate of drug-likeness (QED) is 0.368. The number of carbonyl (C=O) groups excluding carboxylic acids is 2. The van der Waals surface area contributed by atoms with Crippen LogP contribution in [0.15, 0.2) is 36.4 Å². The molecule has 2 rings (SSSR count). The first kappa shape index (κ1) is 31.0. The molecule has 8 nitrogen and oxygen atoms in total. The zero-order valence-corrected chi connectivity index (χ0v) is 24.5. The summed E-state index contributed by atoms with van der Waals surface area (Å²) in [6.45, 7) is 4.95. The van der Waals surface area contributed by atoms with E-state index in [2.05, 4.69) is 5.32 Å². The van der Waals surface area contributed by atoms with Gasteiger partial charge in [-0.25, -0.2) is 8.42 Å². The molecule has 2 atom stereocenters. The number of halogens is 3. The predicted octanol–water partition coefficient (Wildman–Crippen LogP) is 5.14. The number of benzene rings is 2. The number of sulfonamides is 1. The molecular weight excluding hydrogens is 561 g/mol. The highest BCUT2D eigenvalue weighted by Gasteiger charge is 2.33. The average molecular weight is 593 g/mol. The van der Waals surface area contributed by atoms with E-state index in [0.29, 0.717) is 28.5 Å². The van der Waals surface area contributed by atoms with Gasteiger partial charge < -0.3 is 15.0 Å². The number of carbonyl (C=O) groups is 2. The monoisotopic (exact) mass is 591 g/mol. The van der Waals surface area contributed by atoms with Crippen LogP contribution in [0.25, 0.3) is 0 Å². The number of rotatable bonds is 12. The van der Waals surface area contributed by atoms with Gasteiger partial charge in [-0.3, -0.25) is 13.9 Å². The smallest absolute Gasteiger partial charge is 0.244 e. The highest BCUT2D eigenvalue weighted by molar-refractivity contribution is 7.92. The van der Waals surface area contributed by atoms with Crippen LogP contribution in [0, 0.1) is 0 Å². The Kier molecular flexibility index (Phi) is 11.4. The number of ether oxygens (including phenoxy) is 1. The minimum Gasteiger partial charge on any atom is -0.495 e. The van der Waals surface area contributed by atoms with Gasteiger partial charge in [0.05, 0.1) is 19.1 Å². The lowest BCUT2D eigenvalue weighted by atomic mass is 10.1. The lowest BCUT2D eigenvalue weighted by Crippen LogP contribution is -2.53. The third-order valence-corrected chi connectivity index (χ3v) is 7.78. The zero-order valence-electron chi connectivity index (χ0n) is 21.4. The van der Waals surface area contributed by atoms with Gasteiger partial charge in [-0.15, -0.1) is 0 Å². The number of amides is 2. The Morgan fingerprint density at radius 3 is 2.19 bits per heavy atom. The Bertz CT molecular complexity index is 1230. The SMILES string of the molecule is CC[C@H](C)NC(=O)[C@H](CC)N(Cc1ccc(Cl)cc1Cl)C(=O)CN(c1cc(Cl)ccc1OC)S(C)(=O)=O. The molecular formula is C25H32Cl3N3O5S. The summed E-state index contributed by atoms with van der Waals surface area (Å²) in [5.74, 6) is -0.734. The molecule has 2 aromatic carbocycles. The van der Waals surface area contributed by atoms with Crippen molar-refractivity contribution in [1.82, 2.24) is 10.2 Å². The van der Waals surface area contributed by atoms with Crippen LogP contribution in [0.3, 0.4) is 0 Å². The fourth-order valence-electron chi connectivity index (χ4n) is 3.65. The number of hydrogen-bond acceptors (Lipinski definition) is 5. The minimum atomic E-state index is -3.96. The van der Waals surface area contributed by atoms with E-state index in [1.807, 2.05) is 13.8 Å². The van der Waals surface area contributed by atoms with Crippen molar-refractivity contribution >= 4 is 62.3 Å². The molecule has 204 valence electrons. The highest BCUT2D eigenvalue weighted by Crippen LogP contribution is 2.33. The highest BCUT2D eigenvalue weighted by atomic mass is 35.5. The number of hydrogen-bond donors (Lipinski definition) is 1. The summed E-state index contributed by atoms with van der Waals surface area (Å²) < 4.78 is 31.9. The first-order chi connectivity index (χ1) is 17.3. The molecule has 0 aliphatic heterocycles. The van der Waals surface area contributed by atoms with Crippen LogP contribution in [0.1, 0.15) is 39.2 Å². The summed E-state index contributed by atoms with van der Waals surface area (Å²) in [4.78, 5) is 28.3. The summed E-state index contributed by atoms with van der Waals surface area (Å²) in [5, 5.41) is 3.91. The molecule has 2 aromatic rings. The van der Waals surface area contributed by atoms with Crippen molar-refractivity contribution in [3.05, 3.63) is 57.0 Å². The van der Waals surface area contributed by atoms with Gasteiger partial charge in [0.2, 0.25) is 21.8 Å². The van der Waals surface area contributed by atoms with E-state index in [9.17, 15) is 18.0 Å². The van der Waals surface area contributed by atoms with Gasteiger partial charge in [0.25, 0.3) is 0 Å². The molecule has 0 saturated carbocycles. The summed E-state index contributed by atoms with van der Waals surface area (Å²) in [7, 11) is -2.57. The molecule has 0 bridgehead atoms. The van der Waals surface area contributed by atoms with Crippen LogP contribution in [-0.2, 0) is 26.2 Å². The summed E-state index contributed by atoms with van der Waals surface area (Å²) in [5.41, 5.74) is 0.660. The van der Waals surface area contributed by atoms with Gasteiger partial charge in [-0.05, 0) is 55.7 Å². The molecule has 0 fully saturated rings. The van der Waals surface area contributed by atoms with Crippen molar-refractivity contribution in [3.63, 3.8) is 0 Å². The molecule has 0 saturated heterocycles. The molecule has 0 spiro atoms. The number of nitrogens with zero attached hydrogens (tertiary/aromatic N) is 2. The first-order valence-corrected chi connectivity index (χ1v) is 14.7. The molecule has 1 N–H and O–H groups in total. The van der Waals surface area contributed by atoms with Crippen molar-refractivity contribution in [1.29, 1.82) is 0 Å². The van der Waals surface area contributed by atoms with E-state index in [1.54, 1.807) is 31.2 Å². The third kappa shape index (κ3) is 8.40. The molecule has 37 heavy (non-hydrogen) atoms. The van der Waals surface area contributed by atoms with Crippen LogP contribution in [0.4, 0.5) is 5.69 Å². The predicted molar refractivity (Wildman–Crippen MR) is 149 cm³/mol. The van der Waals surface area contributed by atoms with Crippen molar-refractivity contribution in [2.24, 2.45) is 0 Å². The molecule has 0 unspecified atom stereocenters. The van der Waals surface area contributed by atoms with Gasteiger partial charge in [0.15, 0.2) is 0 Å². The molecule has 0 aliphatic carbocycles. The van der Waals surface area contributed by atoms with E-state index >= 15 is 0 Å². The van der Waals surface area contributed by atoms with Crippen molar-refractivity contribution in [3.8, 4) is 5.75 Å². The third-order valence-electron chi connectivity index (χ3n) is 5.83. The minimum absolute atomic E-state index is 0.0362. The second kappa shape index (κ2) is 13.6. The van der Waals surface area contributed by atoms with E-state index in [4.69, 9.17) is 39.5 Å². The topological polar surface area (TPSA) is 96.0 Å². The lowest BCUT2D eigenvalue weighted by Gasteiger charge is -2.33. The molecule has 0 heterocycles. The Morgan fingerprint density at radius 1 is 1.03 bits per heavy atom. The maximum atomic E-state index is 13.8. The summed E-state index contributed by atoms with van der Waals surface area (Å²) in [6, 6.07) is 8.32. The van der Waals surface area contributed by atoms with E-state index in [-0.39, 0.29) is 35.0 Å². The molecule has 12 heteroatoms. The fraction of sp³-hybridized carbons (Fsp3) is 0.440. The first-order valence-electron chi connectivity index (χ1n) is 11.7. The van der Waals surface area contributed by atoms with Crippen molar-refractivity contribution in [2.75, 3.05) is 24.2 Å². The van der Waals surface area contributed by atoms with E-state index in [1.165, 1.54) is 24.1 Å². The van der Waals surface area contributed by atoms with Crippen LogP contribution in [0.2, 0.25) is 15.1 Å². The van der Waals surface area contributed by atoms with E-state index < -0.39 is 28.5 Å². The Labute approximate surface area is 233 Å². The standard InChI is InChI=1S/C25H32Cl3N3O5S/c1-6-16(3)29-25(33)21(7-2)30(14-17-8-9-18(26)12-20(17)28)24(32)15-31(37(5,34)35)22-13-19(27)10-11-23(22)36-4/h8-13,16,21H,6-7,14-15H2,1-5H3,(H,29,33)/t16-,21-/m0/s1. The number of anilines is 1. The average Bonchev–Trinajstić information content (AvgIpc) is 2.82. The maximum Gasteiger partial charge on any atom is 0.244 e. The van der Waals surface area contributed by atoms with Crippen LogP contribution in [0.5, 0.6) is 5.75 Å². The molecule has 0 aromatic heterocycles. The number of methoxy groups -OCH3 is 1. The Balaban J connectivity index is 2.55. The maximum absolute atomic E-state index is 13.8. The molecule has 0 radical (unpaired) electrons. The van der Waals surface area contributed by atoms with Gasteiger partial charge in [0, 0.05) is 27.7 Å². The largest absolute Gasteiger partial charge is 0.495 e. The summed E-state index contributed by atoms with van der Waals surface area (Å²) >= 11 is 18.5. The van der Waals surface area contributed by atoms with Crippen LogP contribution in [-0.4, -0.2) is 57.1 Å². The Morgan fingerprint density at radius 2 is 1.65 bits per heavy atom. The Hall–Kier alpha value is -2.20.